The van der Waals surface area contributed by atoms with E-state index >= 15 is 0 Å². The zero-order chi connectivity index (χ0) is 4.12. The largest absolute Gasteiger partial charge is 0.573 e. The van der Waals surface area contributed by atoms with Crippen molar-refractivity contribution in [3.05, 3.63) is 0 Å². The predicted octanol–water partition coefficient (Wildman–Crippen LogP) is 0.323. The van der Waals surface area contributed by atoms with E-state index in [-0.39, 0.29) is 7.69 Å². The van der Waals surface area contributed by atoms with Gasteiger partial charge in [0.1, 0.15) is 0 Å². The Morgan fingerprint density at radius 2 is 1.60 bits per heavy atom. The number of hydrogen-bond donors (Lipinski definition) is 0. The van der Waals surface area contributed by atoms with Crippen molar-refractivity contribution in [3.8, 4) is 0 Å². The van der Waals surface area contributed by atoms with Gasteiger partial charge in [0.2, 0.25) is 0 Å². The Balaban J connectivity index is 2.19. The Bertz CT molecular complexity index is 15.1. The molecule has 0 aromatic carbocycles. The van der Waals surface area contributed by atoms with Crippen LogP contribution in [-0.2, 0) is 9.72 Å². The minimum absolute atomic E-state index is 0.0833. The van der Waals surface area contributed by atoms with E-state index in [2.05, 4.69) is 9.72 Å². The third-order valence-electron chi connectivity index (χ3n) is 0.0727. The highest BCUT2D eigenvalue weighted by atomic mass is 19.3. The monoisotopic (exact) mass is 81.0 g/mol. The second kappa shape index (κ2) is 3.84. The molecule has 0 spiro atoms. The van der Waals surface area contributed by atoms with Gasteiger partial charge >= 0.3 is 7.69 Å². The van der Waals surface area contributed by atoms with Crippen LogP contribution < -0.4 is 0 Å². The standard InChI is InChI=1S/BF2O2/c2-4-1-5-3. The smallest absolute Gasteiger partial charge is 0.222 e. The fourth-order valence-electron chi connectivity index (χ4n) is 0.0137. The van der Waals surface area contributed by atoms with Gasteiger partial charge in [0.15, 0.2) is 0 Å². The average molecular weight is 80.8 g/mol. The van der Waals surface area contributed by atoms with Gasteiger partial charge in [0, 0.05) is 0 Å². The van der Waals surface area contributed by atoms with Gasteiger partial charge in [-0.15, -0.1) is 0 Å². The number of rotatable bonds is 2. The molecule has 29 valence electrons. The van der Waals surface area contributed by atoms with Crippen LogP contribution in [0.25, 0.3) is 0 Å². The van der Waals surface area contributed by atoms with Gasteiger partial charge in [-0.25, -0.2) is 9.72 Å². The van der Waals surface area contributed by atoms with Crippen molar-refractivity contribution in [2.45, 2.75) is 0 Å². The van der Waals surface area contributed by atoms with Crippen LogP contribution in [0.15, 0.2) is 0 Å². The van der Waals surface area contributed by atoms with E-state index in [9.17, 15) is 9.05 Å². The molecule has 0 aliphatic heterocycles. The van der Waals surface area contributed by atoms with Crippen molar-refractivity contribution in [1.82, 2.24) is 0 Å². The quantitative estimate of drug-likeness (QED) is 0.445. The second-order valence-corrected chi connectivity index (χ2v) is 0.274. The molecule has 0 bridgehead atoms. The van der Waals surface area contributed by atoms with Crippen LogP contribution in [0, 0.1) is 0 Å². The van der Waals surface area contributed by atoms with Crippen LogP contribution in [0.2, 0.25) is 0 Å². The summed E-state index contributed by atoms with van der Waals surface area (Å²) in [6.07, 6.45) is 0. The molecule has 5 heavy (non-hydrogen) atoms. The minimum atomic E-state index is -0.0833. The molecule has 0 atom stereocenters. The van der Waals surface area contributed by atoms with Crippen LogP contribution in [0.3, 0.4) is 0 Å². The summed E-state index contributed by atoms with van der Waals surface area (Å²) < 4.78 is 20.1. The molecule has 5 heteroatoms. The summed E-state index contributed by atoms with van der Waals surface area (Å²) in [5.74, 6) is 0. The van der Waals surface area contributed by atoms with Gasteiger partial charge in [-0.2, -0.15) is 0 Å². The molecule has 0 saturated carbocycles. The summed E-state index contributed by atoms with van der Waals surface area (Å²) in [7, 11) is -0.0833. The first kappa shape index (κ1) is 4.84. The van der Waals surface area contributed by atoms with Crippen LogP contribution >= 0.6 is 0 Å². The maximum Gasteiger partial charge on any atom is 0.573 e. The zero-order valence-corrected chi connectivity index (χ0v) is 2.15. The third kappa shape index (κ3) is 3.84. The van der Waals surface area contributed by atoms with Gasteiger partial charge in [0.05, 0.1) is 0 Å². The fourth-order valence-corrected chi connectivity index (χ4v) is 0.0137. The Labute approximate surface area is 27.8 Å². The van der Waals surface area contributed by atoms with Crippen molar-refractivity contribution in [3.63, 3.8) is 0 Å². The Kier molecular flexibility index (Phi) is 3.73. The van der Waals surface area contributed by atoms with Crippen LogP contribution in [0.1, 0.15) is 0 Å². The molecule has 0 unspecified atom stereocenters. The van der Waals surface area contributed by atoms with E-state index in [1.54, 1.807) is 0 Å². The van der Waals surface area contributed by atoms with Gasteiger partial charge < -0.3 is 0 Å². The van der Waals surface area contributed by atoms with Gasteiger partial charge in [-0.1, -0.05) is 9.05 Å². The first-order valence-corrected chi connectivity index (χ1v) is 0.780. The van der Waals surface area contributed by atoms with Crippen molar-refractivity contribution in [2.24, 2.45) is 0 Å². The Morgan fingerprint density at radius 1 is 1.20 bits per heavy atom. The summed E-state index contributed by atoms with van der Waals surface area (Å²) in [6.45, 7) is 0. The maximum atomic E-state index is 10.1. The van der Waals surface area contributed by atoms with E-state index in [0.29, 0.717) is 0 Å². The molecule has 0 rings (SSSR count). The highest BCUT2D eigenvalue weighted by molar-refractivity contribution is 6.16. The first-order chi connectivity index (χ1) is 2.41. The predicted molar refractivity (Wildman–Crippen MR) is 10.1 cm³/mol. The van der Waals surface area contributed by atoms with Gasteiger partial charge in [-0.3, -0.25) is 0 Å². The summed E-state index contributed by atoms with van der Waals surface area (Å²) in [6, 6.07) is 0. The van der Waals surface area contributed by atoms with E-state index in [1.165, 1.54) is 0 Å². The lowest BCUT2D eigenvalue weighted by Gasteiger charge is -1.71. The minimum Gasteiger partial charge on any atom is -0.222 e. The zero-order valence-electron chi connectivity index (χ0n) is 2.15. The summed E-state index contributed by atoms with van der Waals surface area (Å²) in [5, 5.41) is 0. The highest BCUT2D eigenvalue weighted by Crippen LogP contribution is 1.69. The maximum absolute atomic E-state index is 10.1. The van der Waals surface area contributed by atoms with Gasteiger partial charge in [0.25, 0.3) is 0 Å². The van der Waals surface area contributed by atoms with Crippen LogP contribution in [0.5, 0.6) is 0 Å². The van der Waals surface area contributed by atoms with E-state index in [0.717, 1.165) is 0 Å². The van der Waals surface area contributed by atoms with E-state index < -0.39 is 0 Å². The molecule has 0 aromatic heterocycles. The molecule has 0 N–H and O–H groups in total. The Morgan fingerprint density at radius 3 is 1.60 bits per heavy atom. The summed E-state index contributed by atoms with van der Waals surface area (Å²) >= 11 is 0. The van der Waals surface area contributed by atoms with Crippen molar-refractivity contribution in [1.29, 1.82) is 0 Å². The van der Waals surface area contributed by atoms with E-state index in [1.807, 2.05) is 0 Å². The summed E-state index contributed by atoms with van der Waals surface area (Å²) in [4.78, 5) is 4.94. The summed E-state index contributed by atoms with van der Waals surface area (Å²) in [5.41, 5.74) is 0. The van der Waals surface area contributed by atoms with Gasteiger partial charge in [-0.05, 0) is 0 Å². The van der Waals surface area contributed by atoms with Crippen molar-refractivity contribution in [2.75, 3.05) is 0 Å². The lowest BCUT2D eigenvalue weighted by atomic mass is 10.4. The van der Waals surface area contributed by atoms with Crippen molar-refractivity contribution >= 4 is 7.69 Å². The molecule has 0 aliphatic carbocycles. The molecule has 1 radical (unpaired) electrons. The molecule has 0 fully saturated rings. The molecular formula is BF2O2. The van der Waals surface area contributed by atoms with Crippen LogP contribution in [-0.4, -0.2) is 7.69 Å². The van der Waals surface area contributed by atoms with Crippen LogP contribution in [0.4, 0.5) is 9.05 Å². The topological polar surface area (TPSA) is 18.5 Å². The highest BCUT2D eigenvalue weighted by Gasteiger charge is 1.86. The van der Waals surface area contributed by atoms with E-state index in [4.69, 9.17) is 0 Å². The molecular weight excluding hydrogens is 80.8 g/mol. The molecule has 0 saturated heterocycles. The lowest BCUT2D eigenvalue weighted by Crippen LogP contribution is -1.86. The van der Waals surface area contributed by atoms with Crippen molar-refractivity contribution < 1.29 is 18.8 Å². The molecule has 2 nitrogen and oxygen atoms in total. The lowest BCUT2D eigenvalue weighted by molar-refractivity contribution is -0.0908. The number of hydrogen-bond acceptors (Lipinski definition) is 2. The second-order valence-electron chi connectivity index (χ2n) is 0.274. The Hall–Kier alpha value is -0.155. The number of halogens is 2. The average Bonchev–Trinajstić information content (AvgIpc) is 1.41. The molecule has 0 aromatic rings. The normalized spacial score (nSPS) is 7.60. The molecule has 0 heterocycles. The SMILES string of the molecule is FO[B]OF. The molecule has 0 aliphatic rings. The molecule has 0 amide bonds. The fraction of sp³-hybridized carbons (Fsp3) is 0. The first-order valence-electron chi connectivity index (χ1n) is 0.780. The third-order valence-corrected chi connectivity index (χ3v) is 0.0727.